The maximum atomic E-state index is 5.64. The number of likely N-dealkylation sites (N-methyl/N-ethyl adjacent to an activating group) is 1. The van der Waals surface area contributed by atoms with Gasteiger partial charge in [0, 0.05) is 19.0 Å². The van der Waals surface area contributed by atoms with Crippen molar-refractivity contribution in [1.82, 2.24) is 14.9 Å². The van der Waals surface area contributed by atoms with E-state index in [0.717, 1.165) is 44.6 Å². The second-order valence-electron chi connectivity index (χ2n) is 4.66. The van der Waals surface area contributed by atoms with E-state index in [2.05, 4.69) is 35.6 Å². The summed E-state index contributed by atoms with van der Waals surface area (Å²) in [5.41, 5.74) is 0.968. The topological polar surface area (TPSA) is 47.5 Å². The highest BCUT2D eigenvalue weighted by atomic mass is 16.5. The first-order valence-electron chi connectivity index (χ1n) is 7.50. The second kappa shape index (κ2) is 9.53. The highest BCUT2D eigenvalue weighted by molar-refractivity contribution is 5.19. The van der Waals surface area contributed by atoms with Gasteiger partial charge in [0.2, 0.25) is 5.88 Å². The summed E-state index contributed by atoms with van der Waals surface area (Å²) >= 11 is 0. The van der Waals surface area contributed by atoms with Gasteiger partial charge in [0.25, 0.3) is 0 Å². The third-order valence-corrected chi connectivity index (χ3v) is 3.24. The quantitative estimate of drug-likeness (QED) is 0.617. The summed E-state index contributed by atoms with van der Waals surface area (Å²) in [7, 11) is 1.58. The molecule has 0 saturated heterocycles. The molecular formula is C15H27N3O2. The van der Waals surface area contributed by atoms with Crippen molar-refractivity contribution in [2.45, 2.75) is 40.0 Å². The van der Waals surface area contributed by atoms with Crippen LogP contribution in [0.4, 0.5) is 0 Å². The lowest BCUT2D eigenvalue weighted by Crippen LogP contribution is -2.25. The Morgan fingerprint density at radius 2 is 1.90 bits per heavy atom. The van der Waals surface area contributed by atoms with Gasteiger partial charge in [0.15, 0.2) is 0 Å². The molecule has 1 heterocycles. The van der Waals surface area contributed by atoms with Crippen LogP contribution in [0.15, 0.2) is 6.07 Å². The van der Waals surface area contributed by atoms with E-state index in [1.807, 2.05) is 6.07 Å². The highest BCUT2D eigenvalue weighted by Crippen LogP contribution is 2.15. The number of nitrogens with zero attached hydrogens (tertiary/aromatic N) is 3. The van der Waals surface area contributed by atoms with Gasteiger partial charge in [-0.15, -0.1) is 0 Å². The number of methoxy groups -OCH3 is 1. The average molecular weight is 281 g/mol. The third kappa shape index (κ3) is 5.74. The van der Waals surface area contributed by atoms with Crippen LogP contribution in [-0.4, -0.2) is 48.2 Å². The van der Waals surface area contributed by atoms with E-state index in [9.17, 15) is 0 Å². The Kier molecular flexibility index (Phi) is 7.95. The second-order valence-corrected chi connectivity index (χ2v) is 4.66. The molecule has 0 unspecified atom stereocenters. The number of rotatable bonds is 10. The Morgan fingerprint density at radius 1 is 1.15 bits per heavy atom. The number of hydrogen-bond donors (Lipinski definition) is 0. The minimum Gasteiger partial charge on any atom is -0.478 e. The lowest BCUT2D eigenvalue weighted by atomic mass is 10.2. The van der Waals surface area contributed by atoms with Crippen molar-refractivity contribution < 1.29 is 9.47 Å². The molecule has 0 saturated carbocycles. The highest BCUT2D eigenvalue weighted by Gasteiger charge is 2.07. The van der Waals surface area contributed by atoms with Crippen LogP contribution >= 0.6 is 0 Å². The summed E-state index contributed by atoms with van der Waals surface area (Å²) in [5.74, 6) is 0.611. The van der Waals surface area contributed by atoms with Gasteiger partial charge < -0.3 is 14.4 Å². The molecule has 1 rings (SSSR count). The summed E-state index contributed by atoms with van der Waals surface area (Å²) in [6.45, 7) is 10.3. The maximum Gasteiger partial charge on any atom is 0.319 e. The van der Waals surface area contributed by atoms with Crippen molar-refractivity contribution >= 4 is 0 Å². The van der Waals surface area contributed by atoms with Crippen LogP contribution in [0.2, 0.25) is 0 Å². The molecule has 1 aromatic rings. The van der Waals surface area contributed by atoms with Crippen molar-refractivity contribution in [2.24, 2.45) is 0 Å². The SMILES string of the molecule is CCCCOc1cc(CCN(CC)CC)nc(OC)n1. The molecule has 0 radical (unpaired) electrons. The van der Waals surface area contributed by atoms with E-state index in [0.29, 0.717) is 18.5 Å². The van der Waals surface area contributed by atoms with E-state index in [1.165, 1.54) is 0 Å². The standard InChI is InChI=1S/C15H27N3O2/c1-5-8-11-20-14-12-13(16-15(17-14)19-4)9-10-18(6-2)7-3/h12H,5-11H2,1-4H3. The molecule has 0 amide bonds. The van der Waals surface area contributed by atoms with Gasteiger partial charge in [-0.05, 0) is 19.5 Å². The Bertz CT molecular complexity index is 381. The number of aromatic nitrogens is 2. The molecule has 0 aliphatic rings. The smallest absolute Gasteiger partial charge is 0.319 e. The first kappa shape index (κ1) is 16.7. The normalized spacial score (nSPS) is 10.8. The Balaban J connectivity index is 2.66. The van der Waals surface area contributed by atoms with Crippen molar-refractivity contribution in [1.29, 1.82) is 0 Å². The van der Waals surface area contributed by atoms with Crippen molar-refractivity contribution in [2.75, 3.05) is 33.4 Å². The molecule has 0 aliphatic carbocycles. The fourth-order valence-corrected chi connectivity index (χ4v) is 1.88. The Morgan fingerprint density at radius 3 is 2.50 bits per heavy atom. The fraction of sp³-hybridized carbons (Fsp3) is 0.733. The molecular weight excluding hydrogens is 254 g/mol. The summed E-state index contributed by atoms with van der Waals surface area (Å²) in [4.78, 5) is 11.0. The molecule has 20 heavy (non-hydrogen) atoms. The van der Waals surface area contributed by atoms with Crippen LogP contribution in [-0.2, 0) is 6.42 Å². The van der Waals surface area contributed by atoms with E-state index in [1.54, 1.807) is 7.11 Å². The van der Waals surface area contributed by atoms with Gasteiger partial charge in [-0.1, -0.05) is 27.2 Å². The molecule has 0 aliphatic heterocycles. The number of unbranched alkanes of at least 4 members (excludes halogenated alkanes) is 1. The van der Waals surface area contributed by atoms with Crippen LogP contribution in [0, 0.1) is 0 Å². The molecule has 0 fully saturated rings. The molecule has 0 bridgehead atoms. The van der Waals surface area contributed by atoms with E-state index >= 15 is 0 Å². The fourth-order valence-electron chi connectivity index (χ4n) is 1.88. The van der Waals surface area contributed by atoms with E-state index in [-0.39, 0.29) is 0 Å². The van der Waals surface area contributed by atoms with Gasteiger partial charge >= 0.3 is 6.01 Å². The zero-order valence-electron chi connectivity index (χ0n) is 13.2. The summed E-state index contributed by atoms with van der Waals surface area (Å²) < 4.78 is 10.8. The minimum atomic E-state index is 0.383. The van der Waals surface area contributed by atoms with Gasteiger partial charge in [-0.25, -0.2) is 0 Å². The molecule has 0 atom stereocenters. The van der Waals surface area contributed by atoms with Crippen LogP contribution in [0.3, 0.4) is 0 Å². The van der Waals surface area contributed by atoms with Crippen LogP contribution in [0.25, 0.3) is 0 Å². The third-order valence-electron chi connectivity index (χ3n) is 3.24. The van der Waals surface area contributed by atoms with Crippen LogP contribution < -0.4 is 9.47 Å². The lowest BCUT2D eigenvalue weighted by Gasteiger charge is -2.17. The number of hydrogen-bond acceptors (Lipinski definition) is 5. The lowest BCUT2D eigenvalue weighted by molar-refractivity contribution is 0.284. The van der Waals surface area contributed by atoms with Gasteiger partial charge in [-0.2, -0.15) is 9.97 Å². The Labute approximate surface area is 122 Å². The molecule has 0 N–H and O–H groups in total. The molecule has 114 valence electrons. The average Bonchev–Trinajstić information content (AvgIpc) is 2.48. The first-order chi connectivity index (χ1) is 9.73. The van der Waals surface area contributed by atoms with Gasteiger partial charge in [-0.3, -0.25) is 0 Å². The molecule has 0 aromatic carbocycles. The minimum absolute atomic E-state index is 0.383. The maximum absolute atomic E-state index is 5.64. The molecule has 1 aromatic heterocycles. The van der Waals surface area contributed by atoms with Crippen molar-refractivity contribution in [3.63, 3.8) is 0 Å². The molecule has 5 nitrogen and oxygen atoms in total. The summed E-state index contributed by atoms with van der Waals surface area (Å²) in [6.07, 6.45) is 3.02. The predicted octanol–water partition coefficient (Wildman–Crippen LogP) is 2.55. The zero-order chi connectivity index (χ0) is 14.8. The van der Waals surface area contributed by atoms with Crippen LogP contribution in [0.5, 0.6) is 11.9 Å². The van der Waals surface area contributed by atoms with E-state index in [4.69, 9.17) is 9.47 Å². The Hall–Kier alpha value is -1.36. The largest absolute Gasteiger partial charge is 0.478 e. The number of ether oxygens (including phenoxy) is 2. The summed E-state index contributed by atoms with van der Waals surface area (Å²) in [5, 5.41) is 0. The zero-order valence-corrected chi connectivity index (χ0v) is 13.2. The predicted molar refractivity (Wildman–Crippen MR) is 80.5 cm³/mol. The van der Waals surface area contributed by atoms with Crippen molar-refractivity contribution in [3.05, 3.63) is 11.8 Å². The van der Waals surface area contributed by atoms with E-state index < -0.39 is 0 Å². The van der Waals surface area contributed by atoms with Crippen LogP contribution in [0.1, 0.15) is 39.3 Å². The van der Waals surface area contributed by atoms with Crippen molar-refractivity contribution in [3.8, 4) is 11.9 Å². The monoisotopic (exact) mass is 281 g/mol. The molecule has 0 spiro atoms. The molecule has 5 heteroatoms. The summed E-state index contributed by atoms with van der Waals surface area (Å²) in [6, 6.07) is 2.30. The first-order valence-corrected chi connectivity index (χ1v) is 7.50. The van der Waals surface area contributed by atoms with Gasteiger partial charge in [0.1, 0.15) is 0 Å². The van der Waals surface area contributed by atoms with Gasteiger partial charge in [0.05, 0.1) is 19.4 Å².